The molecule has 0 radical (unpaired) electrons. The molecule has 98 valence electrons. The summed E-state index contributed by atoms with van der Waals surface area (Å²) in [6.07, 6.45) is 1.52. The molecule has 6 heteroatoms. The zero-order chi connectivity index (χ0) is 14.0. The van der Waals surface area contributed by atoms with Crippen LogP contribution in [0, 0.1) is 12.7 Å². The third-order valence-electron chi connectivity index (χ3n) is 2.38. The zero-order valence-electron chi connectivity index (χ0n) is 9.85. The van der Waals surface area contributed by atoms with Gasteiger partial charge in [-0.1, -0.05) is 0 Å². The van der Waals surface area contributed by atoms with Gasteiger partial charge in [-0.05, 0) is 41.1 Å². The summed E-state index contributed by atoms with van der Waals surface area (Å²) < 4.78 is 19.3. The van der Waals surface area contributed by atoms with Crippen LogP contribution in [-0.2, 0) is 0 Å². The second-order valence-corrected chi connectivity index (χ2v) is 4.74. The molecule has 4 nitrogen and oxygen atoms in total. The highest BCUT2D eigenvalue weighted by Gasteiger charge is 2.14. The Labute approximate surface area is 117 Å². The molecule has 2 aromatic rings. The van der Waals surface area contributed by atoms with E-state index in [4.69, 9.17) is 9.84 Å². The number of carboxylic acids is 1. The van der Waals surface area contributed by atoms with Gasteiger partial charge in [0.2, 0.25) is 5.88 Å². The molecule has 0 unspecified atom stereocenters. The molecule has 2 rings (SSSR count). The van der Waals surface area contributed by atoms with E-state index in [1.165, 1.54) is 6.20 Å². The van der Waals surface area contributed by atoms with Gasteiger partial charge < -0.3 is 9.84 Å². The summed E-state index contributed by atoms with van der Waals surface area (Å²) >= 11 is 3.26. The van der Waals surface area contributed by atoms with Crippen LogP contribution in [0.3, 0.4) is 0 Å². The van der Waals surface area contributed by atoms with Crippen molar-refractivity contribution in [3.05, 3.63) is 51.9 Å². The van der Waals surface area contributed by atoms with Crippen molar-refractivity contribution in [2.24, 2.45) is 0 Å². The Bertz CT molecular complexity index is 646. The van der Waals surface area contributed by atoms with Gasteiger partial charge in [0, 0.05) is 22.3 Å². The van der Waals surface area contributed by atoms with E-state index in [0.717, 1.165) is 22.7 Å². The van der Waals surface area contributed by atoms with Crippen LogP contribution in [0.15, 0.2) is 34.9 Å². The minimum atomic E-state index is -1.19. The average Bonchev–Trinajstić information content (AvgIpc) is 2.32. The molecule has 0 amide bonds. The second-order valence-electron chi connectivity index (χ2n) is 3.82. The van der Waals surface area contributed by atoms with Gasteiger partial charge in [-0.15, -0.1) is 0 Å². The van der Waals surface area contributed by atoms with Crippen molar-refractivity contribution in [2.75, 3.05) is 0 Å². The van der Waals surface area contributed by atoms with E-state index >= 15 is 0 Å². The molecule has 1 heterocycles. The van der Waals surface area contributed by atoms with Gasteiger partial charge >= 0.3 is 5.97 Å². The quantitative estimate of drug-likeness (QED) is 0.932. The maximum atomic E-state index is 13.2. The summed E-state index contributed by atoms with van der Waals surface area (Å²) in [5.74, 6) is -1.61. The molecule has 0 fully saturated rings. The topological polar surface area (TPSA) is 59.4 Å². The minimum Gasteiger partial charge on any atom is -0.478 e. The Hall–Kier alpha value is -1.95. The van der Waals surface area contributed by atoms with E-state index in [9.17, 15) is 9.18 Å². The highest BCUT2D eigenvalue weighted by molar-refractivity contribution is 9.10. The normalized spacial score (nSPS) is 10.3. The van der Waals surface area contributed by atoms with Crippen molar-refractivity contribution in [2.45, 2.75) is 6.92 Å². The molecule has 0 atom stereocenters. The molecule has 19 heavy (non-hydrogen) atoms. The van der Waals surface area contributed by atoms with E-state index in [1.54, 1.807) is 13.0 Å². The van der Waals surface area contributed by atoms with Crippen molar-refractivity contribution < 1.29 is 19.0 Å². The number of hydrogen-bond acceptors (Lipinski definition) is 3. The van der Waals surface area contributed by atoms with Crippen molar-refractivity contribution in [3.8, 4) is 11.6 Å². The number of rotatable bonds is 3. The summed E-state index contributed by atoms with van der Waals surface area (Å²) in [4.78, 5) is 15.1. The van der Waals surface area contributed by atoms with Crippen LogP contribution in [0.25, 0.3) is 0 Å². The molecule has 0 saturated heterocycles. The molecule has 1 N–H and O–H groups in total. The maximum Gasteiger partial charge on any atom is 0.339 e. The molecular formula is C13H9BrFNO3. The summed E-state index contributed by atoms with van der Waals surface area (Å²) in [6.45, 7) is 1.76. The molecule has 0 aliphatic rings. The number of ether oxygens (including phenoxy) is 1. The lowest BCUT2D eigenvalue weighted by molar-refractivity contribution is 0.0694. The second kappa shape index (κ2) is 5.36. The number of aromatic nitrogens is 1. The van der Waals surface area contributed by atoms with E-state index in [-0.39, 0.29) is 17.2 Å². The average molecular weight is 326 g/mol. The third-order valence-corrected chi connectivity index (χ3v) is 2.81. The van der Waals surface area contributed by atoms with Crippen LogP contribution < -0.4 is 4.74 Å². The molecule has 1 aromatic heterocycles. The lowest BCUT2D eigenvalue weighted by Crippen LogP contribution is -2.02. The summed E-state index contributed by atoms with van der Waals surface area (Å²) in [7, 11) is 0. The monoisotopic (exact) mass is 325 g/mol. The smallest absolute Gasteiger partial charge is 0.339 e. The Kier molecular flexibility index (Phi) is 3.80. The van der Waals surface area contributed by atoms with Crippen LogP contribution in [0.5, 0.6) is 11.6 Å². The number of hydrogen-bond donors (Lipinski definition) is 1. The Morgan fingerprint density at radius 1 is 1.42 bits per heavy atom. The van der Waals surface area contributed by atoms with Gasteiger partial charge in [0.05, 0.1) is 0 Å². The van der Waals surface area contributed by atoms with E-state index < -0.39 is 11.8 Å². The highest BCUT2D eigenvalue weighted by Crippen LogP contribution is 2.28. The highest BCUT2D eigenvalue weighted by atomic mass is 79.9. The molecule has 0 bridgehead atoms. The first-order valence-electron chi connectivity index (χ1n) is 5.30. The fourth-order valence-electron chi connectivity index (χ4n) is 1.50. The lowest BCUT2D eigenvalue weighted by atomic mass is 10.2. The van der Waals surface area contributed by atoms with E-state index in [1.807, 2.05) is 0 Å². The number of carboxylic acid groups (broad SMARTS) is 1. The lowest BCUT2D eigenvalue weighted by Gasteiger charge is -2.10. The molecule has 0 aliphatic carbocycles. The van der Waals surface area contributed by atoms with E-state index in [2.05, 4.69) is 20.9 Å². The Morgan fingerprint density at radius 3 is 2.79 bits per heavy atom. The van der Waals surface area contributed by atoms with Gasteiger partial charge in [-0.2, -0.15) is 0 Å². The van der Waals surface area contributed by atoms with Crippen LogP contribution in [0.2, 0.25) is 0 Å². The standard InChI is InChI=1S/C13H9BrFNO3/c1-7-4-8(14)6-16-12(7)19-11-5-9(15)2-3-10(11)13(17)18/h2-6H,1H3,(H,17,18). The van der Waals surface area contributed by atoms with Gasteiger partial charge in [-0.25, -0.2) is 14.2 Å². The first-order valence-corrected chi connectivity index (χ1v) is 6.09. The number of pyridine rings is 1. The van der Waals surface area contributed by atoms with Crippen molar-refractivity contribution in [3.63, 3.8) is 0 Å². The number of carbonyl (C=O) groups is 1. The van der Waals surface area contributed by atoms with Crippen LogP contribution in [0.4, 0.5) is 4.39 Å². The Morgan fingerprint density at radius 2 is 2.16 bits per heavy atom. The first kappa shape index (κ1) is 13.5. The minimum absolute atomic E-state index is 0.0783. The predicted molar refractivity (Wildman–Crippen MR) is 70.1 cm³/mol. The van der Waals surface area contributed by atoms with E-state index in [0.29, 0.717) is 5.56 Å². The van der Waals surface area contributed by atoms with Gasteiger partial charge in [0.25, 0.3) is 0 Å². The maximum absolute atomic E-state index is 13.2. The SMILES string of the molecule is Cc1cc(Br)cnc1Oc1cc(F)ccc1C(=O)O. The number of benzene rings is 1. The number of nitrogens with zero attached hydrogens (tertiary/aromatic N) is 1. The van der Waals surface area contributed by atoms with Crippen molar-refractivity contribution in [1.82, 2.24) is 4.98 Å². The van der Waals surface area contributed by atoms with Crippen LogP contribution in [0.1, 0.15) is 15.9 Å². The van der Waals surface area contributed by atoms with Gasteiger partial charge in [0.15, 0.2) is 0 Å². The molecule has 0 aliphatic heterocycles. The zero-order valence-corrected chi connectivity index (χ0v) is 11.4. The number of halogens is 2. The first-order chi connectivity index (χ1) is 8.97. The predicted octanol–water partition coefficient (Wildman–Crippen LogP) is 3.78. The largest absolute Gasteiger partial charge is 0.478 e. The van der Waals surface area contributed by atoms with Gasteiger partial charge in [-0.3, -0.25) is 0 Å². The number of aryl methyl sites for hydroxylation is 1. The third kappa shape index (κ3) is 3.08. The fraction of sp³-hybridized carbons (Fsp3) is 0.0769. The van der Waals surface area contributed by atoms with Crippen molar-refractivity contribution in [1.29, 1.82) is 0 Å². The molecule has 0 spiro atoms. The fourth-order valence-corrected chi connectivity index (χ4v) is 1.94. The number of aromatic carboxylic acids is 1. The van der Waals surface area contributed by atoms with Crippen molar-refractivity contribution >= 4 is 21.9 Å². The molecule has 1 aromatic carbocycles. The van der Waals surface area contributed by atoms with Crippen LogP contribution >= 0.6 is 15.9 Å². The summed E-state index contributed by atoms with van der Waals surface area (Å²) in [5.41, 5.74) is 0.584. The summed E-state index contributed by atoms with van der Waals surface area (Å²) in [6, 6.07) is 5.01. The summed E-state index contributed by atoms with van der Waals surface area (Å²) in [5, 5.41) is 9.02. The molecular weight excluding hydrogens is 317 g/mol. The Balaban J connectivity index is 2.42. The van der Waals surface area contributed by atoms with Crippen LogP contribution in [-0.4, -0.2) is 16.1 Å². The van der Waals surface area contributed by atoms with Gasteiger partial charge in [0.1, 0.15) is 17.1 Å². The molecule has 0 saturated carbocycles.